The molecule has 5 heteroatoms. The number of para-hydroxylation sites is 1. The number of carbonyl (C=O) groups excluding carboxylic acids is 1. The molecule has 122 valence electrons. The Morgan fingerprint density at radius 2 is 2.04 bits per heavy atom. The van der Waals surface area contributed by atoms with Crippen LogP contribution in [0.3, 0.4) is 0 Å². The Labute approximate surface area is 138 Å². The highest BCUT2D eigenvalue weighted by Crippen LogP contribution is 2.35. The van der Waals surface area contributed by atoms with Crippen molar-refractivity contribution in [2.24, 2.45) is 0 Å². The Morgan fingerprint density at radius 3 is 2.83 bits per heavy atom. The van der Waals surface area contributed by atoms with Gasteiger partial charge in [0.25, 0.3) is 0 Å². The molecule has 0 radical (unpaired) electrons. The molecule has 0 spiro atoms. The molecule has 4 rings (SSSR count). The monoisotopic (exact) mass is 324 g/mol. The van der Waals surface area contributed by atoms with Crippen molar-refractivity contribution in [3.8, 4) is 0 Å². The fourth-order valence-electron chi connectivity index (χ4n) is 3.48. The van der Waals surface area contributed by atoms with E-state index >= 15 is 0 Å². The quantitative estimate of drug-likeness (QED) is 0.712. The molecule has 1 aliphatic rings. The first-order chi connectivity index (χ1) is 11.7. The highest BCUT2D eigenvalue weighted by molar-refractivity contribution is 5.87. The molecule has 3 aromatic rings. The fourth-order valence-corrected chi connectivity index (χ4v) is 3.48. The number of aromatic amines is 1. The third kappa shape index (κ3) is 2.37. The van der Waals surface area contributed by atoms with Gasteiger partial charge in [0.2, 0.25) is 0 Å². The zero-order chi connectivity index (χ0) is 16.7. The van der Waals surface area contributed by atoms with Gasteiger partial charge in [-0.3, -0.25) is 10.1 Å². The minimum Gasteiger partial charge on any atom is -0.468 e. The van der Waals surface area contributed by atoms with Gasteiger partial charge in [-0.25, -0.2) is 4.39 Å². The first kappa shape index (κ1) is 14.9. The topological polar surface area (TPSA) is 54.1 Å². The number of ether oxygens (including phenoxy) is 1. The number of aromatic nitrogens is 1. The van der Waals surface area contributed by atoms with Gasteiger partial charge in [0, 0.05) is 23.0 Å². The highest BCUT2D eigenvalue weighted by Gasteiger charge is 2.34. The second-order valence-electron chi connectivity index (χ2n) is 6.00. The molecule has 2 N–H and O–H groups in total. The molecule has 0 saturated carbocycles. The van der Waals surface area contributed by atoms with E-state index in [0.717, 1.165) is 27.7 Å². The van der Waals surface area contributed by atoms with E-state index in [9.17, 15) is 9.18 Å². The molecule has 4 nitrogen and oxygen atoms in total. The zero-order valence-corrected chi connectivity index (χ0v) is 13.2. The molecule has 2 unspecified atom stereocenters. The standard InChI is InChI=1S/C19H17FN2O2/c1-24-19(23)16-10-14-13-7-2-3-8-15(13)21-18(14)17(22-16)11-5-4-6-12(20)9-11/h2-9,16-17,21-22H,10H2,1H3. The normalized spacial score (nSPS) is 19.9. The van der Waals surface area contributed by atoms with Crippen LogP contribution in [0.5, 0.6) is 0 Å². The zero-order valence-electron chi connectivity index (χ0n) is 13.2. The van der Waals surface area contributed by atoms with E-state index in [1.54, 1.807) is 6.07 Å². The van der Waals surface area contributed by atoms with E-state index in [1.165, 1.54) is 19.2 Å². The van der Waals surface area contributed by atoms with Gasteiger partial charge in [-0.2, -0.15) is 0 Å². The fraction of sp³-hybridized carbons (Fsp3) is 0.211. The molecule has 0 fully saturated rings. The Morgan fingerprint density at radius 1 is 1.21 bits per heavy atom. The van der Waals surface area contributed by atoms with Crippen LogP contribution >= 0.6 is 0 Å². The summed E-state index contributed by atoms with van der Waals surface area (Å²) in [6.07, 6.45) is 0.540. The molecule has 0 amide bonds. The molecule has 24 heavy (non-hydrogen) atoms. The van der Waals surface area contributed by atoms with E-state index in [0.29, 0.717) is 6.42 Å². The molecule has 1 aromatic heterocycles. The van der Waals surface area contributed by atoms with Crippen molar-refractivity contribution in [2.75, 3.05) is 7.11 Å². The van der Waals surface area contributed by atoms with Gasteiger partial charge in [0.15, 0.2) is 0 Å². The SMILES string of the molecule is COC(=O)C1Cc2c([nH]c3ccccc23)C(c2cccc(F)c2)N1. The minimum absolute atomic E-state index is 0.291. The van der Waals surface area contributed by atoms with Crippen LogP contribution in [0.2, 0.25) is 0 Å². The molecule has 2 atom stereocenters. The Kier molecular flexibility index (Phi) is 3.58. The molecule has 2 heterocycles. The van der Waals surface area contributed by atoms with Crippen LogP contribution in [0.15, 0.2) is 48.5 Å². The van der Waals surface area contributed by atoms with E-state index in [4.69, 9.17) is 4.74 Å². The number of H-pyrrole nitrogens is 1. The van der Waals surface area contributed by atoms with E-state index in [2.05, 4.69) is 10.3 Å². The number of benzene rings is 2. The van der Waals surface area contributed by atoms with Gasteiger partial charge in [-0.15, -0.1) is 0 Å². The third-order valence-electron chi connectivity index (χ3n) is 4.58. The van der Waals surface area contributed by atoms with E-state index < -0.39 is 6.04 Å². The maximum Gasteiger partial charge on any atom is 0.323 e. The lowest BCUT2D eigenvalue weighted by Crippen LogP contribution is -2.45. The minimum atomic E-state index is -0.463. The summed E-state index contributed by atoms with van der Waals surface area (Å²) in [4.78, 5) is 15.5. The number of rotatable bonds is 2. The Hall–Kier alpha value is -2.66. The van der Waals surface area contributed by atoms with Crippen molar-refractivity contribution < 1.29 is 13.9 Å². The van der Waals surface area contributed by atoms with Crippen LogP contribution in [0.4, 0.5) is 4.39 Å². The van der Waals surface area contributed by atoms with Gasteiger partial charge in [-0.1, -0.05) is 30.3 Å². The molecule has 2 aromatic carbocycles. The number of methoxy groups -OCH3 is 1. The maximum absolute atomic E-state index is 13.7. The number of esters is 1. The lowest BCUT2D eigenvalue weighted by atomic mass is 9.90. The maximum atomic E-state index is 13.7. The molecular weight excluding hydrogens is 307 g/mol. The van der Waals surface area contributed by atoms with Gasteiger partial charge in [0.1, 0.15) is 11.9 Å². The van der Waals surface area contributed by atoms with Crippen molar-refractivity contribution in [1.82, 2.24) is 10.3 Å². The predicted octanol–water partition coefficient (Wildman–Crippen LogP) is 3.08. The summed E-state index contributed by atoms with van der Waals surface area (Å²) < 4.78 is 18.6. The van der Waals surface area contributed by atoms with E-state index in [1.807, 2.05) is 30.3 Å². The molecular formula is C19H17FN2O2. The van der Waals surface area contributed by atoms with Crippen LogP contribution in [0.25, 0.3) is 10.9 Å². The van der Waals surface area contributed by atoms with Crippen LogP contribution in [0, 0.1) is 5.82 Å². The van der Waals surface area contributed by atoms with Gasteiger partial charge in [-0.05, 0) is 29.3 Å². The first-order valence-corrected chi connectivity index (χ1v) is 7.86. The Bertz CT molecular complexity index is 919. The second kappa shape index (κ2) is 5.76. The van der Waals surface area contributed by atoms with Gasteiger partial charge < -0.3 is 9.72 Å². The summed E-state index contributed by atoms with van der Waals surface area (Å²) >= 11 is 0. The van der Waals surface area contributed by atoms with Crippen molar-refractivity contribution in [3.05, 3.63) is 71.2 Å². The van der Waals surface area contributed by atoms with Crippen LogP contribution < -0.4 is 5.32 Å². The third-order valence-corrected chi connectivity index (χ3v) is 4.58. The van der Waals surface area contributed by atoms with Gasteiger partial charge >= 0.3 is 5.97 Å². The number of nitrogens with one attached hydrogen (secondary N) is 2. The highest BCUT2D eigenvalue weighted by atomic mass is 19.1. The largest absolute Gasteiger partial charge is 0.468 e. The molecule has 0 aliphatic carbocycles. The number of hydrogen-bond acceptors (Lipinski definition) is 3. The number of halogens is 1. The number of hydrogen-bond donors (Lipinski definition) is 2. The molecule has 0 bridgehead atoms. The summed E-state index contributed by atoms with van der Waals surface area (Å²) in [6.45, 7) is 0. The molecule has 0 saturated heterocycles. The smallest absolute Gasteiger partial charge is 0.323 e. The van der Waals surface area contributed by atoms with Crippen molar-refractivity contribution in [2.45, 2.75) is 18.5 Å². The number of fused-ring (bicyclic) bond motifs is 3. The summed E-state index contributed by atoms with van der Waals surface area (Å²) in [5.41, 5.74) is 3.84. The van der Waals surface area contributed by atoms with Crippen molar-refractivity contribution in [3.63, 3.8) is 0 Å². The van der Waals surface area contributed by atoms with Crippen LogP contribution in [-0.2, 0) is 16.0 Å². The first-order valence-electron chi connectivity index (χ1n) is 7.86. The molecule has 1 aliphatic heterocycles. The average molecular weight is 324 g/mol. The predicted molar refractivity (Wildman–Crippen MR) is 89.2 cm³/mol. The average Bonchev–Trinajstić information content (AvgIpc) is 2.99. The van der Waals surface area contributed by atoms with Crippen molar-refractivity contribution >= 4 is 16.9 Å². The summed E-state index contributed by atoms with van der Waals surface area (Å²) in [7, 11) is 1.38. The second-order valence-corrected chi connectivity index (χ2v) is 6.00. The summed E-state index contributed by atoms with van der Waals surface area (Å²) in [6, 6.07) is 13.7. The number of carbonyl (C=O) groups is 1. The van der Waals surface area contributed by atoms with Crippen molar-refractivity contribution in [1.29, 1.82) is 0 Å². The summed E-state index contributed by atoms with van der Waals surface area (Å²) in [5.74, 6) is -0.612. The lowest BCUT2D eigenvalue weighted by Gasteiger charge is -2.30. The van der Waals surface area contributed by atoms with Crippen LogP contribution in [0.1, 0.15) is 22.9 Å². The Balaban J connectivity index is 1.88. The van der Waals surface area contributed by atoms with E-state index in [-0.39, 0.29) is 17.8 Å². The summed E-state index contributed by atoms with van der Waals surface area (Å²) in [5, 5.41) is 4.38. The lowest BCUT2D eigenvalue weighted by molar-refractivity contribution is -0.143. The van der Waals surface area contributed by atoms with Gasteiger partial charge in [0.05, 0.1) is 13.2 Å². The van der Waals surface area contributed by atoms with Crippen LogP contribution in [-0.4, -0.2) is 24.1 Å².